The van der Waals surface area contributed by atoms with Gasteiger partial charge >= 0.3 is 0 Å². The molecule has 328 valence electrons. The van der Waals surface area contributed by atoms with Crippen LogP contribution in [0.25, 0.3) is 110 Å². The van der Waals surface area contributed by atoms with Crippen molar-refractivity contribution in [1.82, 2.24) is 9.13 Å². The van der Waals surface area contributed by atoms with Gasteiger partial charge in [-0.3, -0.25) is 0 Å². The number of aromatic nitrogens is 2. The molecule has 0 radical (unpaired) electrons. The van der Waals surface area contributed by atoms with Crippen molar-refractivity contribution in [2.45, 2.75) is 0 Å². The maximum absolute atomic E-state index is 6.47. The maximum atomic E-state index is 6.47. The van der Waals surface area contributed by atoms with Crippen molar-refractivity contribution in [1.29, 1.82) is 0 Å². The molecule has 0 aliphatic rings. The predicted octanol–water partition coefficient (Wildman–Crippen LogP) is 18.3. The van der Waals surface area contributed by atoms with Crippen molar-refractivity contribution in [3.8, 4) is 44.8 Å². The lowest BCUT2D eigenvalue weighted by Gasteiger charge is -2.26. The highest BCUT2D eigenvalue weighted by Gasteiger charge is 2.19. The lowest BCUT2D eigenvalue weighted by atomic mass is 10.0. The monoisotopic (exact) mass is 893 g/mol. The number of furan rings is 1. The zero-order valence-electron chi connectivity index (χ0n) is 38.1. The van der Waals surface area contributed by atoms with Gasteiger partial charge in [0.25, 0.3) is 0 Å². The first-order valence-corrected chi connectivity index (χ1v) is 23.9. The third-order valence-electron chi connectivity index (χ3n) is 14.1. The highest BCUT2D eigenvalue weighted by Crippen LogP contribution is 2.42. The summed E-state index contributed by atoms with van der Waals surface area (Å²) in [5.41, 5.74) is 19.0. The summed E-state index contributed by atoms with van der Waals surface area (Å²) in [7, 11) is 0. The summed E-state index contributed by atoms with van der Waals surface area (Å²) in [6.07, 6.45) is 0. The molecule has 14 aromatic rings. The maximum Gasteiger partial charge on any atom is 0.143 e. The number of para-hydroxylation sites is 6. The Morgan fingerprint density at radius 1 is 0.271 bits per heavy atom. The summed E-state index contributed by atoms with van der Waals surface area (Å²) in [5.74, 6) is 0. The Hall–Kier alpha value is -9.38. The molecular formula is C66H43N3O. The number of benzene rings is 11. The van der Waals surface area contributed by atoms with Crippen LogP contribution >= 0.6 is 0 Å². The molecule has 3 heterocycles. The fraction of sp³-hybridized carbons (Fsp3) is 0. The first-order valence-electron chi connectivity index (χ1n) is 23.9. The molecule has 0 unspecified atom stereocenters. The number of hydrogen-bond donors (Lipinski definition) is 0. The van der Waals surface area contributed by atoms with E-state index < -0.39 is 0 Å². The Morgan fingerprint density at radius 3 is 1.19 bits per heavy atom. The van der Waals surface area contributed by atoms with Crippen LogP contribution in [0.5, 0.6) is 0 Å². The number of fused-ring (bicyclic) bond motifs is 9. The van der Waals surface area contributed by atoms with Crippen LogP contribution in [0.15, 0.2) is 265 Å². The Bertz CT molecular complexity index is 4060. The van der Waals surface area contributed by atoms with E-state index in [-0.39, 0.29) is 0 Å². The van der Waals surface area contributed by atoms with E-state index >= 15 is 0 Å². The van der Waals surface area contributed by atoms with E-state index in [1.54, 1.807) is 0 Å². The zero-order chi connectivity index (χ0) is 46.1. The van der Waals surface area contributed by atoms with Crippen molar-refractivity contribution < 1.29 is 4.42 Å². The Balaban J connectivity index is 0.852. The number of rotatable bonds is 8. The second-order valence-electron chi connectivity index (χ2n) is 18.1. The summed E-state index contributed by atoms with van der Waals surface area (Å²) in [6.45, 7) is 0. The molecule has 11 aromatic carbocycles. The topological polar surface area (TPSA) is 26.2 Å². The van der Waals surface area contributed by atoms with E-state index in [4.69, 9.17) is 4.42 Å². The molecule has 0 bridgehead atoms. The molecule has 4 nitrogen and oxygen atoms in total. The van der Waals surface area contributed by atoms with Crippen LogP contribution in [0.1, 0.15) is 0 Å². The van der Waals surface area contributed by atoms with Crippen LogP contribution in [-0.4, -0.2) is 9.13 Å². The third-order valence-corrected chi connectivity index (χ3v) is 14.1. The van der Waals surface area contributed by atoms with Crippen LogP contribution in [0, 0.1) is 0 Å². The van der Waals surface area contributed by atoms with Gasteiger partial charge in [-0.2, -0.15) is 0 Å². The summed E-state index contributed by atoms with van der Waals surface area (Å²) in [5, 5.41) is 7.22. The molecule has 0 saturated carbocycles. The van der Waals surface area contributed by atoms with Gasteiger partial charge in [0, 0.05) is 66.3 Å². The molecule has 0 fully saturated rings. The van der Waals surface area contributed by atoms with Crippen LogP contribution in [0.3, 0.4) is 0 Å². The van der Waals surface area contributed by atoms with Gasteiger partial charge in [-0.1, -0.05) is 158 Å². The first kappa shape index (κ1) is 39.8. The molecule has 0 aliphatic carbocycles. The molecule has 0 amide bonds. The van der Waals surface area contributed by atoms with Crippen LogP contribution in [0.2, 0.25) is 0 Å². The smallest absolute Gasteiger partial charge is 0.143 e. The van der Waals surface area contributed by atoms with E-state index in [0.29, 0.717) is 0 Å². The minimum absolute atomic E-state index is 0.900. The number of nitrogens with zero attached hydrogens (tertiary/aromatic N) is 3. The third kappa shape index (κ3) is 6.46. The van der Waals surface area contributed by atoms with Gasteiger partial charge in [0.2, 0.25) is 0 Å². The number of anilines is 3. The minimum Gasteiger partial charge on any atom is -0.455 e. The Morgan fingerprint density at radius 2 is 0.671 bits per heavy atom. The number of hydrogen-bond acceptors (Lipinski definition) is 2. The molecular weight excluding hydrogens is 851 g/mol. The Kier molecular flexibility index (Phi) is 9.17. The van der Waals surface area contributed by atoms with Gasteiger partial charge in [0.15, 0.2) is 0 Å². The average molecular weight is 894 g/mol. The van der Waals surface area contributed by atoms with E-state index in [9.17, 15) is 0 Å². The lowest BCUT2D eigenvalue weighted by molar-refractivity contribution is 0.670. The second-order valence-corrected chi connectivity index (χ2v) is 18.1. The highest BCUT2D eigenvalue weighted by atomic mass is 16.3. The quantitative estimate of drug-likeness (QED) is 0.152. The summed E-state index contributed by atoms with van der Waals surface area (Å²) in [4.78, 5) is 2.35. The summed E-state index contributed by atoms with van der Waals surface area (Å²) >= 11 is 0. The molecule has 70 heavy (non-hydrogen) atoms. The molecule has 0 aliphatic heterocycles. The SMILES string of the molecule is c1ccc(-n2c3ccccc3c3cc(-c4ccc(N(c5ccc(-c6ccc7c(c6)c6ccccc6n7-c6ccccc6)cc5)c5ccc(-c6cccc7c6oc6ccccc67)cc5)cc4)ccc32)cc1. The van der Waals surface area contributed by atoms with Crippen molar-refractivity contribution >= 4 is 82.6 Å². The van der Waals surface area contributed by atoms with Gasteiger partial charge in [0.05, 0.1) is 22.1 Å². The second kappa shape index (κ2) is 16.2. The van der Waals surface area contributed by atoms with Gasteiger partial charge in [-0.05, 0) is 131 Å². The minimum atomic E-state index is 0.900. The van der Waals surface area contributed by atoms with Crippen molar-refractivity contribution in [2.24, 2.45) is 0 Å². The predicted molar refractivity (Wildman–Crippen MR) is 293 cm³/mol. The van der Waals surface area contributed by atoms with E-state index in [1.807, 2.05) is 12.1 Å². The van der Waals surface area contributed by atoms with Gasteiger partial charge in [-0.15, -0.1) is 0 Å². The normalized spacial score (nSPS) is 11.7. The zero-order valence-corrected chi connectivity index (χ0v) is 38.1. The molecule has 0 spiro atoms. The first-order chi connectivity index (χ1) is 34.7. The molecule has 0 N–H and O–H groups in total. The van der Waals surface area contributed by atoms with Crippen molar-refractivity contribution in [3.63, 3.8) is 0 Å². The van der Waals surface area contributed by atoms with Crippen LogP contribution < -0.4 is 4.90 Å². The lowest BCUT2D eigenvalue weighted by Crippen LogP contribution is -2.09. The molecule has 0 saturated heterocycles. The molecule has 14 rings (SSSR count). The standard InChI is InChI=1S/C66H43N3O/c1-3-14-49(15-4-1)68-61-23-10-7-18-55(61)59-42-47(32-40-63(59)68)44-26-34-51(35-27-44)67(53-38-30-46(31-39-53)54-21-13-22-58-57-20-9-12-25-65(57)70-66(54)58)52-36-28-45(29-37-52)48-33-41-64-60(43-48)56-19-8-11-24-62(56)69(64)50-16-5-2-6-17-50/h1-43H. The molecule has 3 aromatic heterocycles. The van der Waals surface area contributed by atoms with Gasteiger partial charge in [-0.25, -0.2) is 0 Å². The Labute approximate surface area is 404 Å². The van der Waals surface area contributed by atoms with E-state index in [1.165, 1.54) is 54.7 Å². The van der Waals surface area contributed by atoms with Crippen molar-refractivity contribution in [3.05, 3.63) is 261 Å². The molecule has 4 heteroatoms. The fourth-order valence-electron chi connectivity index (χ4n) is 10.8. The van der Waals surface area contributed by atoms with Crippen molar-refractivity contribution in [2.75, 3.05) is 4.90 Å². The summed E-state index contributed by atoms with van der Waals surface area (Å²) < 4.78 is 11.2. The fourth-order valence-corrected chi connectivity index (χ4v) is 10.8. The summed E-state index contributed by atoms with van der Waals surface area (Å²) in [6, 6.07) is 94.1. The average Bonchev–Trinajstić information content (AvgIpc) is 4.10. The highest BCUT2D eigenvalue weighted by molar-refractivity contribution is 6.12. The van der Waals surface area contributed by atoms with Gasteiger partial charge in [0.1, 0.15) is 11.2 Å². The van der Waals surface area contributed by atoms with Gasteiger partial charge < -0.3 is 18.5 Å². The van der Waals surface area contributed by atoms with Crippen LogP contribution in [-0.2, 0) is 0 Å². The molecule has 0 atom stereocenters. The largest absolute Gasteiger partial charge is 0.455 e. The van der Waals surface area contributed by atoms with E-state index in [2.05, 4.69) is 263 Å². The van der Waals surface area contributed by atoms with Crippen LogP contribution in [0.4, 0.5) is 17.1 Å². The van der Waals surface area contributed by atoms with E-state index in [0.717, 1.165) is 72.6 Å².